The molecular weight excluding hydrogens is 494 g/mol. The number of hydrogen-bond donors (Lipinski definition) is 1. The Morgan fingerprint density at radius 3 is 1.80 bits per heavy atom. The largest absolute Gasteiger partial charge is 0.497 e. The van der Waals surface area contributed by atoms with E-state index in [4.69, 9.17) is 9.47 Å². The van der Waals surface area contributed by atoms with Crippen molar-refractivity contribution in [3.8, 4) is 22.6 Å². The Labute approximate surface area is 234 Å². The van der Waals surface area contributed by atoms with Crippen LogP contribution in [0.4, 0.5) is 11.5 Å². The topological polar surface area (TPSA) is 56.3 Å². The molecule has 0 unspecified atom stereocenters. The van der Waals surface area contributed by atoms with Crippen LogP contribution in [0.2, 0.25) is 0 Å². The third-order valence-corrected chi connectivity index (χ3v) is 7.15. The molecule has 5 aromatic carbocycles. The minimum absolute atomic E-state index is 0.0471. The summed E-state index contributed by atoms with van der Waals surface area (Å²) < 4.78 is 10.9. The fraction of sp³-hybridized carbons (Fsp3) is 0.0857. The van der Waals surface area contributed by atoms with Crippen molar-refractivity contribution in [3.05, 3.63) is 144 Å². The highest BCUT2D eigenvalue weighted by atomic mass is 16.5. The molecule has 0 spiro atoms. The number of anilines is 2. The molecule has 0 aliphatic heterocycles. The van der Waals surface area contributed by atoms with Crippen molar-refractivity contribution in [2.75, 3.05) is 19.5 Å². The molecular formula is C35H29N3O2. The van der Waals surface area contributed by atoms with E-state index in [1.807, 2.05) is 66.7 Å². The number of rotatable bonds is 8. The van der Waals surface area contributed by atoms with E-state index < -0.39 is 0 Å². The van der Waals surface area contributed by atoms with Gasteiger partial charge in [-0.1, -0.05) is 91.0 Å². The van der Waals surface area contributed by atoms with Gasteiger partial charge in [0.1, 0.15) is 11.5 Å². The lowest BCUT2D eigenvalue weighted by Crippen LogP contribution is -2.08. The van der Waals surface area contributed by atoms with Gasteiger partial charge in [0.05, 0.1) is 19.7 Å². The fourth-order valence-corrected chi connectivity index (χ4v) is 5.17. The van der Waals surface area contributed by atoms with Crippen molar-refractivity contribution in [2.24, 2.45) is 0 Å². The van der Waals surface area contributed by atoms with Gasteiger partial charge in [-0.15, -0.1) is 10.2 Å². The van der Waals surface area contributed by atoms with E-state index in [0.29, 0.717) is 5.82 Å². The molecule has 0 amide bonds. The maximum Gasteiger partial charge on any atom is 0.161 e. The van der Waals surface area contributed by atoms with Gasteiger partial charge in [-0.05, 0) is 58.7 Å². The minimum atomic E-state index is -0.0471. The summed E-state index contributed by atoms with van der Waals surface area (Å²) >= 11 is 0. The number of aromatic nitrogens is 2. The van der Waals surface area contributed by atoms with Gasteiger partial charge < -0.3 is 14.8 Å². The molecule has 5 heteroatoms. The maximum atomic E-state index is 5.44. The Morgan fingerprint density at radius 1 is 0.575 bits per heavy atom. The van der Waals surface area contributed by atoms with Crippen LogP contribution in [0.3, 0.4) is 0 Å². The standard InChI is InChI=1S/C35H29N3O2/c1-39-27-20-16-25(17-21-27)33(26-18-22-28(40-2)23-19-26)29-12-6-8-14-31(29)36-35-34(24-10-4-3-5-11-24)30-13-7-9-15-32(30)37-38-35/h3-23,33H,1-2H3,(H,36,38). The van der Waals surface area contributed by atoms with E-state index in [-0.39, 0.29) is 5.92 Å². The zero-order chi connectivity index (χ0) is 27.3. The van der Waals surface area contributed by atoms with Crippen LogP contribution in [0.5, 0.6) is 11.5 Å². The van der Waals surface area contributed by atoms with Crippen LogP contribution in [0.25, 0.3) is 22.0 Å². The Bertz CT molecular complexity index is 1690. The van der Waals surface area contributed by atoms with Crippen LogP contribution in [0.1, 0.15) is 22.6 Å². The van der Waals surface area contributed by atoms with E-state index in [2.05, 4.69) is 76.2 Å². The van der Waals surface area contributed by atoms with Gasteiger partial charge in [0.2, 0.25) is 0 Å². The zero-order valence-corrected chi connectivity index (χ0v) is 22.4. The summed E-state index contributed by atoms with van der Waals surface area (Å²) in [4.78, 5) is 0. The Hall–Kier alpha value is -5.16. The van der Waals surface area contributed by atoms with Crippen molar-refractivity contribution in [2.45, 2.75) is 5.92 Å². The monoisotopic (exact) mass is 523 g/mol. The normalized spacial score (nSPS) is 11.0. The summed E-state index contributed by atoms with van der Waals surface area (Å²) in [5.41, 5.74) is 7.32. The summed E-state index contributed by atoms with van der Waals surface area (Å²) in [6.07, 6.45) is 0. The van der Waals surface area contributed by atoms with Gasteiger partial charge in [-0.2, -0.15) is 0 Å². The molecule has 0 atom stereocenters. The smallest absolute Gasteiger partial charge is 0.161 e. The Kier molecular flexibility index (Phi) is 7.10. The molecule has 0 fully saturated rings. The SMILES string of the molecule is COc1ccc(C(c2ccc(OC)cc2)c2ccccc2Nc2nnc3ccccc3c2-c2ccccc2)cc1. The number of nitrogens with one attached hydrogen (secondary N) is 1. The van der Waals surface area contributed by atoms with Crippen molar-refractivity contribution in [1.82, 2.24) is 10.2 Å². The molecule has 6 aromatic rings. The molecule has 196 valence electrons. The van der Waals surface area contributed by atoms with Crippen molar-refractivity contribution >= 4 is 22.4 Å². The molecule has 5 nitrogen and oxygen atoms in total. The van der Waals surface area contributed by atoms with Crippen molar-refractivity contribution in [3.63, 3.8) is 0 Å². The van der Waals surface area contributed by atoms with E-state index in [0.717, 1.165) is 55.9 Å². The molecule has 0 saturated carbocycles. The van der Waals surface area contributed by atoms with Crippen molar-refractivity contribution < 1.29 is 9.47 Å². The van der Waals surface area contributed by atoms with Gasteiger partial charge in [-0.3, -0.25) is 0 Å². The number of nitrogens with zero attached hydrogens (tertiary/aromatic N) is 2. The predicted octanol–water partition coefficient (Wildman–Crippen LogP) is 8.24. The Morgan fingerprint density at radius 2 is 1.15 bits per heavy atom. The highest BCUT2D eigenvalue weighted by molar-refractivity contribution is 6.00. The molecule has 0 saturated heterocycles. The number of ether oxygens (including phenoxy) is 2. The lowest BCUT2D eigenvalue weighted by molar-refractivity contribution is 0.414. The summed E-state index contributed by atoms with van der Waals surface area (Å²) in [7, 11) is 3.37. The van der Waals surface area contributed by atoms with Gasteiger partial charge >= 0.3 is 0 Å². The molecule has 0 aliphatic carbocycles. The summed E-state index contributed by atoms with van der Waals surface area (Å²) in [6, 6.07) is 43.3. The van der Waals surface area contributed by atoms with Crippen LogP contribution >= 0.6 is 0 Å². The second kappa shape index (κ2) is 11.3. The Balaban J connectivity index is 1.50. The molecule has 0 bridgehead atoms. The highest BCUT2D eigenvalue weighted by Gasteiger charge is 2.22. The third-order valence-electron chi connectivity index (χ3n) is 7.15. The molecule has 1 N–H and O–H groups in total. The highest BCUT2D eigenvalue weighted by Crippen LogP contribution is 2.40. The van der Waals surface area contributed by atoms with Crippen LogP contribution < -0.4 is 14.8 Å². The lowest BCUT2D eigenvalue weighted by Gasteiger charge is -2.23. The molecule has 1 aromatic heterocycles. The maximum absolute atomic E-state index is 5.44. The van der Waals surface area contributed by atoms with Gasteiger partial charge in [-0.25, -0.2) is 0 Å². The summed E-state index contributed by atoms with van der Waals surface area (Å²) in [6.45, 7) is 0. The van der Waals surface area contributed by atoms with Crippen LogP contribution in [0, 0.1) is 0 Å². The van der Waals surface area contributed by atoms with Gasteiger partial charge in [0.15, 0.2) is 5.82 Å². The zero-order valence-electron chi connectivity index (χ0n) is 22.4. The summed E-state index contributed by atoms with van der Waals surface area (Å²) in [5, 5.41) is 13.9. The van der Waals surface area contributed by atoms with Crippen molar-refractivity contribution in [1.29, 1.82) is 0 Å². The number of methoxy groups -OCH3 is 2. The number of benzene rings is 5. The quantitative estimate of drug-likeness (QED) is 0.204. The number of hydrogen-bond acceptors (Lipinski definition) is 5. The molecule has 0 radical (unpaired) electrons. The third kappa shape index (κ3) is 4.97. The average molecular weight is 524 g/mol. The first-order chi connectivity index (χ1) is 19.7. The van der Waals surface area contributed by atoms with E-state index in [9.17, 15) is 0 Å². The molecule has 40 heavy (non-hydrogen) atoms. The van der Waals surface area contributed by atoms with Crippen LogP contribution in [-0.4, -0.2) is 24.4 Å². The summed E-state index contributed by atoms with van der Waals surface area (Å²) in [5.74, 6) is 2.31. The molecule has 6 rings (SSSR count). The van der Waals surface area contributed by atoms with E-state index in [1.165, 1.54) is 0 Å². The van der Waals surface area contributed by atoms with E-state index in [1.54, 1.807) is 14.2 Å². The fourth-order valence-electron chi connectivity index (χ4n) is 5.17. The van der Waals surface area contributed by atoms with Gasteiger partial charge in [0.25, 0.3) is 0 Å². The first-order valence-corrected chi connectivity index (χ1v) is 13.2. The second-order valence-corrected chi connectivity index (χ2v) is 9.50. The van der Waals surface area contributed by atoms with Crippen LogP contribution in [-0.2, 0) is 0 Å². The van der Waals surface area contributed by atoms with Gasteiger partial charge in [0, 0.05) is 22.6 Å². The average Bonchev–Trinajstić information content (AvgIpc) is 3.03. The number of para-hydroxylation sites is 1. The number of fused-ring (bicyclic) bond motifs is 1. The van der Waals surface area contributed by atoms with Crippen LogP contribution in [0.15, 0.2) is 127 Å². The lowest BCUT2D eigenvalue weighted by atomic mass is 9.84. The first-order valence-electron chi connectivity index (χ1n) is 13.2. The van der Waals surface area contributed by atoms with E-state index >= 15 is 0 Å². The first kappa shape index (κ1) is 25.1. The molecule has 0 aliphatic rings. The second-order valence-electron chi connectivity index (χ2n) is 9.50. The predicted molar refractivity (Wildman–Crippen MR) is 162 cm³/mol. The minimum Gasteiger partial charge on any atom is -0.497 e. The molecule has 1 heterocycles.